The number of carbonyl (C=O) groups excluding carboxylic acids is 1. The lowest BCUT2D eigenvalue weighted by atomic mass is 10.1. The van der Waals surface area contributed by atoms with Gasteiger partial charge in [-0.15, -0.1) is 0 Å². The van der Waals surface area contributed by atoms with Gasteiger partial charge in [-0.25, -0.2) is 12.8 Å². The summed E-state index contributed by atoms with van der Waals surface area (Å²) in [5, 5.41) is 6.98. The lowest BCUT2D eigenvalue weighted by Gasteiger charge is -2.18. The van der Waals surface area contributed by atoms with Crippen LogP contribution in [-0.2, 0) is 14.6 Å². The van der Waals surface area contributed by atoms with Crippen molar-refractivity contribution in [1.82, 2.24) is 5.32 Å². The van der Waals surface area contributed by atoms with E-state index < -0.39 is 31.7 Å². The molecule has 6 nitrogen and oxygen atoms in total. The summed E-state index contributed by atoms with van der Waals surface area (Å²) in [6.07, 6.45) is 2.02. The fourth-order valence-corrected chi connectivity index (χ4v) is 3.82. The number of nitrogens with zero attached hydrogens (tertiary/aromatic N) is 1. The largest absolute Gasteiger partial charge is 0.457 e. The molecule has 0 aliphatic rings. The van der Waals surface area contributed by atoms with Gasteiger partial charge in [0.1, 0.15) is 17.3 Å². The lowest BCUT2D eigenvalue weighted by molar-refractivity contribution is -0.115. The van der Waals surface area contributed by atoms with E-state index in [9.17, 15) is 26.4 Å². The van der Waals surface area contributed by atoms with E-state index in [2.05, 4.69) is 11.9 Å². The van der Waals surface area contributed by atoms with Crippen molar-refractivity contribution in [3.05, 3.63) is 71.6 Å². The number of hydrogen-bond donors (Lipinski definition) is 1. The Labute approximate surface area is 177 Å². The standard InChI is InChI=1S/C21H17F3N2O4S/c1-4-21(23,24)31(28,29)19-7-6-18(13(2)17(19)5-8-20(27)26-3)30-16-10-14(12-25)9-15(22)11-16/h4-11H,1H2,2-3H3,(H,26,27)/b8-5+. The molecule has 0 radical (unpaired) electrons. The van der Waals surface area contributed by atoms with E-state index in [-0.39, 0.29) is 34.3 Å². The molecule has 2 aromatic rings. The van der Waals surface area contributed by atoms with Crippen molar-refractivity contribution in [2.75, 3.05) is 7.05 Å². The number of halogens is 3. The van der Waals surface area contributed by atoms with Crippen molar-refractivity contribution in [3.8, 4) is 17.6 Å². The van der Waals surface area contributed by atoms with Crippen molar-refractivity contribution in [3.63, 3.8) is 0 Å². The minimum absolute atomic E-state index is 0.00445. The molecule has 0 aromatic heterocycles. The molecule has 2 rings (SSSR count). The smallest absolute Gasteiger partial charge is 0.368 e. The molecule has 0 saturated carbocycles. The van der Waals surface area contributed by atoms with Gasteiger partial charge in [-0.3, -0.25) is 4.79 Å². The minimum atomic E-state index is -5.20. The number of nitriles is 1. The van der Waals surface area contributed by atoms with Crippen molar-refractivity contribution < 1.29 is 31.1 Å². The summed E-state index contributed by atoms with van der Waals surface area (Å²) in [4.78, 5) is 10.8. The van der Waals surface area contributed by atoms with Gasteiger partial charge in [0.05, 0.1) is 16.5 Å². The van der Waals surface area contributed by atoms with Crippen LogP contribution in [0.15, 0.2) is 54.0 Å². The van der Waals surface area contributed by atoms with Gasteiger partial charge in [-0.2, -0.15) is 14.0 Å². The number of alkyl halides is 2. The topological polar surface area (TPSA) is 96.3 Å². The van der Waals surface area contributed by atoms with Crippen LogP contribution in [0.25, 0.3) is 6.08 Å². The summed E-state index contributed by atoms with van der Waals surface area (Å²) in [7, 11) is -3.86. The fraction of sp³-hybridized carbons (Fsp3) is 0.143. The summed E-state index contributed by atoms with van der Waals surface area (Å²) in [5.74, 6) is -1.40. The highest BCUT2D eigenvalue weighted by Gasteiger charge is 2.44. The van der Waals surface area contributed by atoms with Crippen LogP contribution < -0.4 is 10.1 Å². The van der Waals surface area contributed by atoms with Crippen LogP contribution in [0.2, 0.25) is 0 Å². The molecule has 0 heterocycles. The SMILES string of the molecule is C=CC(F)(F)S(=O)(=O)c1ccc(Oc2cc(F)cc(C#N)c2)c(C)c1/C=C/C(=O)NC. The fourth-order valence-electron chi connectivity index (χ4n) is 2.55. The Morgan fingerprint density at radius 1 is 1.29 bits per heavy atom. The molecule has 0 saturated heterocycles. The Morgan fingerprint density at radius 2 is 1.97 bits per heavy atom. The van der Waals surface area contributed by atoms with E-state index >= 15 is 0 Å². The first-order valence-electron chi connectivity index (χ1n) is 8.64. The van der Waals surface area contributed by atoms with Crippen LogP contribution in [0.5, 0.6) is 11.5 Å². The second-order valence-corrected chi connectivity index (χ2v) is 8.20. The molecule has 1 amide bonds. The van der Waals surface area contributed by atoms with Gasteiger partial charge in [0.15, 0.2) is 0 Å². The van der Waals surface area contributed by atoms with Gasteiger partial charge in [-0.05, 0) is 43.3 Å². The Balaban J connectivity index is 2.69. The van der Waals surface area contributed by atoms with Gasteiger partial charge >= 0.3 is 5.25 Å². The Morgan fingerprint density at radius 3 is 2.55 bits per heavy atom. The molecule has 162 valence electrons. The van der Waals surface area contributed by atoms with E-state index in [1.807, 2.05) is 0 Å². The Bertz CT molecular complexity index is 1220. The van der Waals surface area contributed by atoms with E-state index in [0.717, 1.165) is 36.4 Å². The zero-order valence-corrected chi connectivity index (χ0v) is 17.3. The van der Waals surface area contributed by atoms with Crippen molar-refractivity contribution >= 4 is 21.8 Å². The third kappa shape index (κ3) is 4.95. The van der Waals surface area contributed by atoms with E-state index in [1.54, 1.807) is 6.07 Å². The molecule has 0 atom stereocenters. The first kappa shape index (κ1) is 23.7. The van der Waals surface area contributed by atoms with E-state index in [4.69, 9.17) is 10.00 Å². The summed E-state index contributed by atoms with van der Waals surface area (Å²) >= 11 is 0. The second-order valence-electron chi connectivity index (χ2n) is 6.21. The van der Waals surface area contributed by atoms with Gasteiger partial charge in [0, 0.05) is 30.3 Å². The van der Waals surface area contributed by atoms with Crippen LogP contribution in [-0.4, -0.2) is 26.6 Å². The molecule has 0 fully saturated rings. The molecule has 10 heteroatoms. The number of sulfone groups is 1. The average molecular weight is 450 g/mol. The van der Waals surface area contributed by atoms with Gasteiger partial charge in [0.2, 0.25) is 15.7 Å². The molecule has 0 aliphatic heterocycles. The Kier molecular flexibility index (Phi) is 6.92. The highest BCUT2D eigenvalue weighted by Crippen LogP contribution is 2.37. The predicted molar refractivity (Wildman–Crippen MR) is 108 cm³/mol. The number of ether oxygens (including phenoxy) is 1. The molecule has 0 bridgehead atoms. The molecule has 0 spiro atoms. The number of carbonyl (C=O) groups is 1. The predicted octanol–water partition coefficient (Wildman–Crippen LogP) is 4.11. The molecule has 0 aliphatic carbocycles. The maximum absolute atomic E-state index is 14.1. The number of amides is 1. The van der Waals surface area contributed by atoms with Gasteiger partial charge in [0.25, 0.3) is 0 Å². The van der Waals surface area contributed by atoms with Crippen molar-refractivity contribution in [2.24, 2.45) is 0 Å². The first-order chi connectivity index (χ1) is 14.5. The first-order valence-corrected chi connectivity index (χ1v) is 10.1. The van der Waals surface area contributed by atoms with Gasteiger partial charge in [-0.1, -0.05) is 6.58 Å². The number of hydrogen-bond acceptors (Lipinski definition) is 5. The summed E-state index contributed by atoms with van der Waals surface area (Å²) in [6, 6.07) is 7.01. The second kappa shape index (κ2) is 9.06. The molecule has 31 heavy (non-hydrogen) atoms. The molecular weight excluding hydrogens is 433 g/mol. The third-order valence-corrected chi connectivity index (χ3v) is 6.00. The third-order valence-electron chi connectivity index (χ3n) is 4.19. The highest BCUT2D eigenvalue weighted by molar-refractivity contribution is 7.92. The monoisotopic (exact) mass is 450 g/mol. The zero-order valence-electron chi connectivity index (χ0n) is 16.4. The average Bonchev–Trinajstić information content (AvgIpc) is 2.73. The normalized spacial score (nSPS) is 11.7. The van der Waals surface area contributed by atoms with Crippen LogP contribution >= 0.6 is 0 Å². The summed E-state index contributed by atoms with van der Waals surface area (Å²) in [6.45, 7) is 4.25. The van der Waals surface area contributed by atoms with E-state index in [1.165, 1.54) is 20.0 Å². The van der Waals surface area contributed by atoms with Crippen LogP contribution in [0.3, 0.4) is 0 Å². The Hall–Kier alpha value is -3.58. The van der Waals surface area contributed by atoms with Crippen molar-refractivity contribution in [1.29, 1.82) is 5.26 Å². The van der Waals surface area contributed by atoms with Gasteiger partial charge < -0.3 is 10.1 Å². The maximum atomic E-state index is 14.1. The number of likely N-dealkylation sites (N-methyl/N-ethyl adjacent to an activating group) is 1. The summed E-state index contributed by atoms with van der Waals surface area (Å²) < 4.78 is 72.3. The quantitative estimate of drug-likeness (QED) is 0.506. The van der Waals surface area contributed by atoms with Crippen LogP contribution in [0.1, 0.15) is 16.7 Å². The molecule has 0 unspecified atom stereocenters. The van der Waals surface area contributed by atoms with E-state index in [0.29, 0.717) is 0 Å². The minimum Gasteiger partial charge on any atom is -0.457 e. The summed E-state index contributed by atoms with van der Waals surface area (Å²) in [5.41, 5.74) is -0.152. The van der Waals surface area contributed by atoms with Crippen LogP contribution in [0, 0.1) is 24.1 Å². The zero-order chi connectivity index (χ0) is 23.4. The van der Waals surface area contributed by atoms with Crippen molar-refractivity contribution in [2.45, 2.75) is 17.1 Å². The maximum Gasteiger partial charge on any atom is 0.368 e. The molecule has 1 N–H and O–H groups in total. The molecular formula is C21H17F3N2O4S. The highest BCUT2D eigenvalue weighted by atomic mass is 32.2. The molecule has 2 aromatic carbocycles. The number of nitrogens with one attached hydrogen (secondary N) is 1. The lowest BCUT2D eigenvalue weighted by Crippen LogP contribution is -2.27. The number of rotatable bonds is 7. The number of benzene rings is 2. The van der Waals surface area contributed by atoms with Crippen LogP contribution in [0.4, 0.5) is 13.2 Å².